The lowest BCUT2D eigenvalue weighted by Gasteiger charge is -2.38. The summed E-state index contributed by atoms with van der Waals surface area (Å²) in [5.41, 5.74) is 0.0840. The summed E-state index contributed by atoms with van der Waals surface area (Å²) in [6, 6.07) is 0. The molecular formula is C14H27BrO2. The molecule has 0 N–H and O–H groups in total. The minimum atomic E-state index is 0.0840. The van der Waals surface area contributed by atoms with Crippen LogP contribution >= 0.6 is 15.9 Å². The predicted molar refractivity (Wildman–Crippen MR) is 75.8 cm³/mol. The van der Waals surface area contributed by atoms with Gasteiger partial charge in [0, 0.05) is 11.9 Å². The summed E-state index contributed by atoms with van der Waals surface area (Å²) in [5.74, 6) is 0.867. The van der Waals surface area contributed by atoms with Crippen LogP contribution in [0.3, 0.4) is 0 Å². The van der Waals surface area contributed by atoms with Crippen molar-refractivity contribution in [2.24, 2.45) is 5.92 Å². The summed E-state index contributed by atoms with van der Waals surface area (Å²) in [5, 5.41) is 0.960. The summed E-state index contributed by atoms with van der Waals surface area (Å²) < 4.78 is 11.6. The molecule has 0 heterocycles. The minimum absolute atomic E-state index is 0.0840. The third-order valence-corrected chi connectivity index (χ3v) is 4.73. The van der Waals surface area contributed by atoms with Crippen LogP contribution in [-0.2, 0) is 9.47 Å². The fourth-order valence-corrected chi connectivity index (χ4v) is 2.99. The molecule has 0 unspecified atom stereocenters. The van der Waals surface area contributed by atoms with Crippen molar-refractivity contribution in [3.8, 4) is 0 Å². The molecule has 1 saturated carbocycles. The molecule has 1 aliphatic rings. The maximum absolute atomic E-state index is 6.08. The first kappa shape index (κ1) is 15.5. The summed E-state index contributed by atoms with van der Waals surface area (Å²) in [6.07, 6.45) is 7.32. The maximum Gasteiger partial charge on any atom is 0.0780 e. The van der Waals surface area contributed by atoms with Gasteiger partial charge in [-0.05, 0) is 38.0 Å². The molecule has 2 nitrogen and oxygen atoms in total. The summed E-state index contributed by atoms with van der Waals surface area (Å²) in [7, 11) is 0. The molecule has 17 heavy (non-hydrogen) atoms. The largest absolute Gasteiger partial charge is 0.379 e. The van der Waals surface area contributed by atoms with E-state index in [9.17, 15) is 0 Å². The van der Waals surface area contributed by atoms with Crippen LogP contribution in [0.1, 0.15) is 52.4 Å². The summed E-state index contributed by atoms with van der Waals surface area (Å²) >= 11 is 3.62. The second-order valence-corrected chi connectivity index (χ2v) is 5.87. The van der Waals surface area contributed by atoms with Gasteiger partial charge < -0.3 is 9.47 Å². The Bertz CT molecular complexity index is 189. The van der Waals surface area contributed by atoms with Gasteiger partial charge in [-0.25, -0.2) is 0 Å². The quantitative estimate of drug-likeness (QED) is 0.495. The van der Waals surface area contributed by atoms with E-state index in [0.29, 0.717) is 0 Å². The Balaban J connectivity index is 2.14. The van der Waals surface area contributed by atoms with Crippen LogP contribution < -0.4 is 0 Å². The summed E-state index contributed by atoms with van der Waals surface area (Å²) in [4.78, 5) is 0. The molecule has 0 atom stereocenters. The third-order valence-electron chi connectivity index (χ3n) is 3.71. The lowest BCUT2D eigenvalue weighted by atomic mass is 9.80. The van der Waals surface area contributed by atoms with Gasteiger partial charge in [0.25, 0.3) is 0 Å². The molecule has 0 aromatic carbocycles. The number of rotatable bonds is 8. The van der Waals surface area contributed by atoms with Gasteiger partial charge in [-0.1, -0.05) is 36.2 Å². The topological polar surface area (TPSA) is 18.5 Å². The zero-order valence-corrected chi connectivity index (χ0v) is 12.9. The molecular weight excluding hydrogens is 280 g/mol. The van der Waals surface area contributed by atoms with Crippen molar-refractivity contribution in [3.63, 3.8) is 0 Å². The first-order valence-electron chi connectivity index (χ1n) is 7.00. The molecule has 0 saturated heterocycles. The van der Waals surface area contributed by atoms with E-state index in [1.165, 1.54) is 32.1 Å². The Kier molecular flexibility index (Phi) is 7.72. The Labute approximate surface area is 115 Å². The molecule has 0 aliphatic heterocycles. The van der Waals surface area contributed by atoms with Gasteiger partial charge in [0.1, 0.15) is 0 Å². The molecule has 0 aromatic rings. The van der Waals surface area contributed by atoms with Crippen molar-refractivity contribution in [2.75, 3.05) is 25.2 Å². The zero-order chi connectivity index (χ0) is 12.6. The number of halogens is 1. The normalized spacial score (nSPS) is 29.5. The molecule has 0 radical (unpaired) electrons. The van der Waals surface area contributed by atoms with Crippen molar-refractivity contribution < 1.29 is 9.47 Å². The minimum Gasteiger partial charge on any atom is -0.379 e. The average Bonchev–Trinajstić information content (AvgIpc) is 2.36. The highest BCUT2D eigenvalue weighted by Gasteiger charge is 2.33. The highest BCUT2D eigenvalue weighted by molar-refractivity contribution is 9.09. The standard InChI is InChI=1S/C14H27BrO2/c1-3-4-9-16-10-11-17-14(12-15)7-5-13(2)6-8-14/h13H,3-12H2,1-2H3. The molecule has 3 heteroatoms. The van der Waals surface area contributed by atoms with Crippen LogP contribution in [0.5, 0.6) is 0 Å². The van der Waals surface area contributed by atoms with Crippen LogP contribution in [0.2, 0.25) is 0 Å². The van der Waals surface area contributed by atoms with Crippen LogP contribution in [0, 0.1) is 5.92 Å². The number of ether oxygens (including phenoxy) is 2. The highest BCUT2D eigenvalue weighted by Crippen LogP contribution is 2.35. The second-order valence-electron chi connectivity index (χ2n) is 5.31. The molecule has 102 valence electrons. The van der Waals surface area contributed by atoms with Crippen molar-refractivity contribution in [2.45, 2.75) is 58.0 Å². The fraction of sp³-hybridized carbons (Fsp3) is 1.00. The Hall–Kier alpha value is 0.400. The Morgan fingerprint density at radius 3 is 2.47 bits per heavy atom. The van der Waals surface area contributed by atoms with E-state index in [0.717, 1.165) is 37.5 Å². The van der Waals surface area contributed by atoms with Crippen molar-refractivity contribution in [3.05, 3.63) is 0 Å². The lowest BCUT2D eigenvalue weighted by molar-refractivity contribution is -0.0778. The number of unbranched alkanes of at least 4 members (excludes halogenated alkanes) is 1. The maximum atomic E-state index is 6.08. The zero-order valence-electron chi connectivity index (χ0n) is 11.3. The van der Waals surface area contributed by atoms with E-state index < -0.39 is 0 Å². The van der Waals surface area contributed by atoms with E-state index in [4.69, 9.17) is 9.47 Å². The monoisotopic (exact) mass is 306 g/mol. The number of hydrogen-bond acceptors (Lipinski definition) is 2. The van der Waals surface area contributed by atoms with Crippen LogP contribution in [-0.4, -0.2) is 30.8 Å². The van der Waals surface area contributed by atoms with Gasteiger partial charge in [0.2, 0.25) is 0 Å². The Morgan fingerprint density at radius 2 is 1.88 bits per heavy atom. The molecule has 0 bridgehead atoms. The highest BCUT2D eigenvalue weighted by atomic mass is 79.9. The van der Waals surface area contributed by atoms with Crippen LogP contribution in [0.15, 0.2) is 0 Å². The first-order chi connectivity index (χ1) is 8.22. The van der Waals surface area contributed by atoms with E-state index in [2.05, 4.69) is 29.8 Å². The van der Waals surface area contributed by atoms with Crippen molar-refractivity contribution in [1.29, 1.82) is 0 Å². The lowest BCUT2D eigenvalue weighted by Crippen LogP contribution is -2.39. The van der Waals surface area contributed by atoms with Crippen molar-refractivity contribution in [1.82, 2.24) is 0 Å². The van der Waals surface area contributed by atoms with Gasteiger partial charge in [0.05, 0.1) is 18.8 Å². The van der Waals surface area contributed by atoms with Crippen molar-refractivity contribution >= 4 is 15.9 Å². The average molecular weight is 307 g/mol. The van der Waals surface area contributed by atoms with E-state index in [1.54, 1.807) is 0 Å². The van der Waals surface area contributed by atoms with Crippen LogP contribution in [0.25, 0.3) is 0 Å². The molecule has 1 rings (SSSR count). The van der Waals surface area contributed by atoms with E-state index in [1.807, 2.05) is 0 Å². The number of alkyl halides is 1. The molecule has 1 fully saturated rings. The third kappa shape index (κ3) is 5.71. The summed E-state index contributed by atoms with van der Waals surface area (Å²) in [6.45, 7) is 6.88. The molecule has 1 aliphatic carbocycles. The molecule has 0 aromatic heterocycles. The van der Waals surface area contributed by atoms with E-state index >= 15 is 0 Å². The number of hydrogen-bond donors (Lipinski definition) is 0. The van der Waals surface area contributed by atoms with E-state index in [-0.39, 0.29) is 5.60 Å². The smallest absolute Gasteiger partial charge is 0.0780 e. The molecule has 0 amide bonds. The second kappa shape index (κ2) is 8.49. The first-order valence-corrected chi connectivity index (χ1v) is 8.12. The fourth-order valence-electron chi connectivity index (χ4n) is 2.27. The predicted octanol–water partition coefficient (Wildman–Crippen LogP) is 4.16. The molecule has 0 spiro atoms. The SMILES string of the molecule is CCCCOCCOC1(CBr)CCC(C)CC1. The van der Waals surface area contributed by atoms with Gasteiger partial charge in [-0.15, -0.1) is 0 Å². The van der Waals surface area contributed by atoms with Gasteiger partial charge in [-0.2, -0.15) is 0 Å². The van der Waals surface area contributed by atoms with Gasteiger partial charge >= 0.3 is 0 Å². The van der Waals surface area contributed by atoms with Gasteiger partial charge in [-0.3, -0.25) is 0 Å². The van der Waals surface area contributed by atoms with Crippen LogP contribution in [0.4, 0.5) is 0 Å². The van der Waals surface area contributed by atoms with Gasteiger partial charge in [0.15, 0.2) is 0 Å². The Morgan fingerprint density at radius 1 is 1.18 bits per heavy atom.